The van der Waals surface area contributed by atoms with Gasteiger partial charge in [-0.15, -0.1) is 0 Å². The molecule has 3 heterocycles. The Bertz CT molecular complexity index is 445. The second kappa shape index (κ2) is 4.63. The van der Waals surface area contributed by atoms with E-state index in [9.17, 15) is 0 Å². The number of rotatable bonds is 3. The van der Waals surface area contributed by atoms with E-state index in [0.717, 1.165) is 36.6 Å². The number of ether oxygens (including phenoxy) is 2. The maximum Gasteiger partial charge on any atom is 0.208 e. The maximum atomic E-state index is 5.74. The lowest BCUT2D eigenvalue weighted by Crippen LogP contribution is -2.43. The predicted octanol–water partition coefficient (Wildman–Crippen LogP) is 1.85. The Morgan fingerprint density at radius 1 is 1.56 bits per heavy atom. The van der Waals surface area contributed by atoms with Crippen LogP contribution in [0.25, 0.3) is 0 Å². The third-order valence-corrected chi connectivity index (χ3v) is 3.57. The van der Waals surface area contributed by atoms with Gasteiger partial charge < -0.3 is 9.47 Å². The smallest absolute Gasteiger partial charge is 0.208 e. The molecule has 3 rings (SSSR count). The zero-order valence-electron chi connectivity index (χ0n) is 10.6. The number of nitrogens with one attached hydrogen (secondary N) is 1. The van der Waals surface area contributed by atoms with E-state index < -0.39 is 0 Å². The van der Waals surface area contributed by atoms with E-state index in [4.69, 9.17) is 9.47 Å². The Hall–Kier alpha value is -1.52. The topological polar surface area (TPSA) is 33.7 Å². The number of methoxy groups -OCH3 is 1. The van der Waals surface area contributed by atoms with E-state index in [1.54, 1.807) is 7.11 Å². The third-order valence-electron chi connectivity index (χ3n) is 3.57. The zero-order valence-corrected chi connectivity index (χ0v) is 10.6. The summed E-state index contributed by atoms with van der Waals surface area (Å²) in [6, 6.07) is 0.211. The first-order chi connectivity index (χ1) is 8.83. The first kappa shape index (κ1) is 11.6. The summed E-state index contributed by atoms with van der Waals surface area (Å²) >= 11 is 0. The van der Waals surface area contributed by atoms with Crippen LogP contribution >= 0.6 is 0 Å². The lowest BCUT2D eigenvalue weighted by atomic mass is 10.1. The van der Waals surface area contributed by atoms with Gasteiger partial charge in [0, 0.05) is 12.7 Å². The highest BCUT2D eigenvalue weighted by molar-refractivity contribution is 5.47. The van der Waals surface area contributed by atoms with Gasteiger partial charge in [0.05, 0.1) is 25.0 Å². The van der Waals surface area contributed by atoms with Crippen LogP contribution in [0.4, 0.5) is 0 Å². The molecule has 2 unspecified atom stereocenters. The van der Waals surface area contributed by atoms with Crippen LogP contribution < -0.4 is 5.43 Å². The fourth-order valence-corrected chi connectivity index (χ4v) is 2.64. The van der Waals surface area contributed by atoms with Gasteiger partial charge in [0.25, 0.3) is 0 Å². The van der Waals surface area contributed by atoms with Crippen molar-refractivity contribution in [3.63, 3.8) is 0 Å². The van der Waals surface area contributed by atoms with Crippen LogP contribution in [0.2, 0.25) is 0 Å². The number of allylic oxidation sites excluding steroid dienone is 3. The first-order valence-electron chi connectivity index (χ1n) is 6.32. The molecule has 0 aromatic heterocycles. The molecule has 4 nitrogen and oxygen atoms in total. The fourth-order valence-electron chi connectivity index (χ4n) is 2.64. The van der Waals surface area contributed by atoms with Crippen molar-refractivity contribution >= 4 is 0 Å². The van der Waals surface area contributed by atoms with Crippen LogP contribution in [0, 0.1) is 0 Å². The minimum atomic E-state index is 0.211. The second-order valence-corrected chi connectivity index (χ2v) is 4.63. The fraction of sp³-hybridized carbons (Fsp3) is 0.429. The minimum Gasteiger partial charge on any atom is -0.481 e. The quantitative estimate of drug-likeness (QED) is 0.824. The van der Waals surface area contributed by atoms with Crippen molar-refractivity contribution in [2.24, 2.45) is 0 Å². The van der Waals surface area contributed by atoms with Crippen molar-refractivity contribution in [3.05, 3.63) is 48.0 Å². The van der Waals surface area contributed by atoms with Gasteiger partial charge in [0.1, 0.15) is 0 Å². The molecule has 0 bridgehead atoms. The van der Waals surface area contributed by atoms with E-state index in [0.29, 0.717) is 0 Å². The van der Waals surface area contributed by atoms with E-state index in [2.05, 4.69) is 18.1 Å². The molecular weight excluding hydrogens is 228 g/mol. The molecular formula is C14H18N2O2. The predicted molar refractivity (Wildman–Crippen MR) is 69.2 cm³/mol. The summed E-state index contributed by atoms with van der Waals surface area (Å²) in [5.74, 6) is 0.798. The second-order valence-electron chi connectivity index (χ2n) is 4.63. The number of fused-ring (bicyclic) bond motifs is 1. The monoisotopic (exact) mass is 246 g/mol. The average Bonchev–Trinajstić information content (AvgIpc) is 3.05. The molecule has 1 fully saturated rings. The zero-order chi connectivity index (χ0) is 12.5. The lowest BCUT2D eigenvalue weighted by Gasteiger charge is -2.28. The molecule has 1 N–H and O–H groups in total. The van der Waals surface area contributed by atoms with Gasteiger partial charge in [0.2, 0.25) is 5.88 Å². The maximum absolute atomic E-state index is 5.74. The summed E-state index contributed by atoms with van der Waals surface area (Å²) in [7, 11) is 1.68. The molecule has 0 aromatic carbocycles. The van der Waals surface area contributed by atoms with Crippen LogP contribution in [0.15, 0.2) is 48.0 Å². The molecule has 3 aliphatic heterocycles. The van der Waals surface area contributed by atoms with Crippen molar-refractivity contribution in [2.45, 2.75) is 25.0 Å². The van der Waals surface area contributed by atoms with Crippen molar-refractivity contribution < 1.29 is 9.47 Å². The van der Waals surface area contributed by atoms with E-state index in [-0.39, 0.29) is 12.1 Å². The highest BCUT2D eigenvalue weighted by Gasteiger charge is 2.35. The molecule has 0 aromatic rings. The number of hydrogen-bond acceptors (Lipinski definition) is 4. The summed E-state index contributed by atoms with van der Waals surface area (Å²) in [6.45, 7) is 4.72. The Morgan fingerprint density at radius 2 is 2.44 bits per heavy atom. The van der Waals surface area contributed by atoms with Crippen molar-refractivity contribution in [3.8, 4) is 0 Å². The number of hydrogen-bond donors (Lipinski definition) is 1. The van der Waals surface area contributed by atoms with Crippen LogP contribution in [0.1, 0.15) is 12.8 Å². The SMILES string of the molecule is C=CC1=CC=C(OC)N2NC(C3CCCO3)C=C12. The summed E-state index contributed by atoms with van der Waals surface area (Å²) in [5.41, 5.74) is 5.64. The van der Waals surface area contributed by atoms with E-state index in [1.807, 2.05) is 23.2 Å². The lowest BCUT2D eigenvalue weighted by molar-refractivity contribution is 0.0674. The van der Waals surface area contributed by atoms with E-state index >= 15 is 0 Å². The first-order valence-corrected chi connectivity index (χ1v) is 6.32. The largest absolute Gasteiger partial charge is 0.481 e. The Labute approximate surface area is 107 Å². The molecule has 0 amide bonds. The Kier molecular flexibility index (Phi) is 2.97. The number of nitrogens with zero attached hydrogens (tertiary/aromatic N) is 1. The standard InChI is InChI=1S/C14H18N2O2/c1-3-10-6-7-14(17-2)16-12(10)9-11(15-16)13-5-4-8-18-13/h3,6-7,9,11,13,15H,1,4-5,8H2,2H3. The van der Waals surface area contributed by atoms with Gasteiger partial charge in [-0.25, -0.2) is 10.4 Å². The minimum absolute atomic E-state index is 0.211. The van der Waals surface area contributed by atoms with Crippen LogP contribution in [-0.4, -0.2) is 30.9 Å². The van der Waals surface area contributed by atoms with E-state index in [1.165, 1.54) is 0 Å². The van der Waals surface area contributed by atoms with Gasteiger partial charge in [-0.3, -0.25) is 0 Å². The van der Waals surface area contributed by atoms with Gasteiger partial charge in [0.15, 0.2) is 0 Å². The molecule has 0 aliphatic carbocycles. The van der Waals surface area contributed by atoms with Crippen molar-refractivity contribution in [1.29, 1.82) is 0 Å². The summed E-state index contributed by atoms with van der Waals surface area (Å²) in [4.78, 5) is 0. The summed E-state index contributed by atoms with van der Waals surface area (Å²) in [5, 5.41) is 1.98. The normalized spacial score (nSPS) is 30.5. The third kappa shape index (κ3) is 1.78. The molecule has 0 saturated carbocycles. The molecule has 1 saturated heterocycles. The van der Waals surface area contributed by atoms with Crippen LogP contribution in [0.3, 0.4) is 0 Å². The van der Waals surface area contributed by atoms with Crippen molar-refractivity contribution in [1.82, 2.24) is 10.4 Å². The molecule has 0 radical (unpaired) electrons. The van der Waals surface area contributed by atoms with Crippen molar-refractivity contribution in [2.75, 3.05) is 13.7 Å². The van der Waals surface area contributed by atoms with Gasteiger partial charge in [-0.2, -0.15) is 0 Å². The average molecular weight is 246 g/mol. The van der Waals surface area contributed by atoms with Gasteiger partial charge in [-0.1, -0.05) is 12.7 Å². The highest BCUT2D eigenvalue weighted by atomic mass is 16.5. The Balaban J connectivity index is 1.87. The molecule has 3 aliphatic rings. The van der Waals surface area contributed by atoms with Crippen LogP contribution in [-0.2, 0) is 9.47 Å². The molecule has 2 atom stereocenters. The van der Waals surface area contributed by atoms with Gasteiger partial charge >= 0.3 is 0 Å². The van der Waals surface area contributed by atoms with Gasteiger partial charge in [-0.05, 0) is 30.6 Å². The van der Waals surface area contributed by atoms with Crippen LogP contribution in [0.5, 0.6) is 0 Å². The highest BCUT2D eigenvalue weighted by Crippen LogP contribution is 2.32. The summed E-state index contributed by atoms with van der Waals surface area (Å²) < 4.78 is 11.1. The molecule has 4 heteroatoms. The number of hydrazine groups is 1. The molecule has 18 heavy (non-hydrogen) atoms. The molecule has 96 valence electrons. The summed E-state index contributed by atoms with van der Waals surface area (Å²) in [6.07, 6.45) is 10.5. The molecule has 0 spiro atoms. The Morgan fingerprint density at radius 3 is 3.11 bits per heavy atom.